The van der Waals surface area contributed by atoms with Gasteiger partial charge in [0.25, 0.3) is 0 Å². The van der Waals surface area contributed by atoms with Gasteiger partial charge in [0.05, 0.1) is 12.2 Å². The van der Waals surface area contributed by atoms with Crippen molar-refractivity contribution in [3.8, 4) is 12.3 Å². The van der Waals surface area contributed by atoms with Crippen molar-refractivity contribution in [2.24, 2.45) is 11.8 Å². The molecule has 1 aliphatic rings. The quantitative estimate of drug-likeness (QED) is 0.785. The Bertz CT molecular complexity index is 447. The Hall–Kier alpha value is -1.30. The number of hydrogen-bond acceptors (Lipinski definition) is 2. The normalized spacial score (nSPS) is 29.6. The highest BCUT2D eigenvalue weighted by atomic mass is 16.3. The molecule has 1 aliphatic carbocycles. The number of aliphatic hydroxyl groups excluding tert-OH is 2. The summed E-state index contributed by atoms with van der Waals surface area (Å²) in [6.07, 6.45) is 7.00. The Morgan fingerprint density at radius 1 is 1.33 bits per heavy atom. The minimum atomic E-state index is -0.671. The van der Waals surface area contributed by atoms with E-state index in [0.717, 1.165) is 30.4 Å². The van der Waals surface area contributed by atoms with E-state index in [-0.39, 0.29) is 5.92 Å². The maximum atomic E-state index is 10.5. The Kier molecular flexibility index (Phi) is 4.06. The molecule has 4 atom stereocenters. The molecule has 0 spiro atoms. The summed E-state index contributed by atoms with van der Waals surface area (Å²) in [7, 11) is 0. The van der Waals surface area contributed by atoms with Crippen LogP contribution < -0.4 is 0 Å². The maximum absolute atomic E-state index is 10.5. The van der Waals surface area contributed by atoms with Gasteiger partial charge in [-0.3, -0.25) is 0 Å². The lowest BCUT2D eigenvalue weighted by Gasteiger charge is -2.35. The number of terminal acetylenes is 1. The summed E-state index contributed by atoms with van der Waals surface area (Å²) in [4.78, 5) is 0. The van der Waals surface area contributed by atoms with E-state index < -0.39 is 12.2 Å². The van der Waals surface area contributed by atoms with Crippen LogP contribution in [0.15, 0.2) is 24.3 Å². The lowest BCUT2D eigenvalue weighted by molar-refractivity contribution is -0.0260. The van der Waals surface area contributed by atoms with Crippen molar-refractivity contribution in [3.63, 3.8) is 0 Å². The van der Waals surface area contributed by atoms with Gasteiger partial charge in [-0.1, -0.05) is 31.0 Å². The molecule has 96 valence electrons. The van der Waals surface area contributed by atoms with Crippen LogP contribution in [0, 0.1) is 24.2 Å². The first-order valence-electron chi connectivity index (χ1n) is 6.55. The van der Waals surface area contributed by atoms with Crippen molar-refractivity contribution in [1.29, 1.82) is 0 Å². The zero-order chi connectivity index (χ0) is 13.1. The largest absolute Gasteiger partial charge is 0.393 e. The van der Waals surface area contributed by atoms with Crippen molar-refractivity contribution >= 4 is 0 Å². The first-order valence-corrected chi connectivity index (χ1v) is 6.55. The summed E-state index contributed by atoms with van der Waals surface area (Å²) < 4.78 is 0. The van der Waals surface area contributed by atoms with Gasteiger partial charge in [-0.25, -0.2) is 0 Å². The van der Waals surface area contributed by atoms with Crippen molar-refractivity contribution in [2.45, 2.75) is 38.4 Å². The molecule has 0 aliphatic heterocycles. The molecule has 2 rings (SSSR count). The molecule has 1 aromatic carbocycles. The SMILES string of the molecule is C#Cc1ccccc1[C@@H](O)[C@H]1C[C@H](C)CC[C@@H]1O. The van der Waals surface area contributed by atoms with E-state index in [1.54, 1.807) is 0 Å². The van der Waals surface area contributed by atoms with Crippen LogP contribution in [0.3, 0.4) is 0 Å². The molecule has 1 fully saturated rings. The minimum Gasteiger partial charge on any atom is -0.393 e. The van der Waals surface area contributed by atoms with Gasteiger partial charge in [0.15, 0.2) is 0 Å². The summed E-state index contributed by atoms with van der Waals surface area (Å²) in [6.45, 7) is 2.17. The molecule has 0 bridgehead atoms. The molecule has 18 heavy (non-hydrogen) atoms. The standard InChI is InChI=1S/C16H20O2/c1-3-12-6-4-5-7-13(12)16(18)14-10-11(2)8-9-15(14)17/h1,4-7,11,14-18H,8-10H2,2H3/t11-,14+,15+,16-/m1/s1. The van der Waals surface area contributed by atoms with Crippen LogP contribution in [0.25, 0.3) is 0 Å². The molecule has 2 heteroatoms. The highest BCUT2D eigenvalue weighted by molar-refractivity contribution is 5.41. The zero-order valence-corrected chi connectivity index (χ0v) is 10.7. The van der Waals surface area contributed by atoms with Crippen LogP contribution in [0.4, 0.5) is 0 Å². The molecule has 0 aromatic heterocycles. The summed E-state index contributed by atoms with van der Waals surface area (Å²) in [5.74, 6) is 3.04. The average Bonchev–Trinajstić information content (AvgIpc) is 2.40. The van der Waals surface area contributed by atoms with E-state index in [1.807, 2.05) is 24.3 Å². The third-order valence-corrected chi connectivity index (χ3v) is 3.96. The molecule has 0 heterocycles. The highest BCUT2D eigenvalue weighted by Gasteiger charge is 2.33. The van der Waals surface area contributed by atoms with Crippen LogP contribution in [0.2, 0.25) is 0 Å². The topological polar surface area (TPSA) is 40.5 Å². The number of benzene rings is 1. The van der Waals surface area contributed by atoms with Gasteiger partial charge in [-0.2, -0.15) is 0 Å². The minimum absolute atomic E-state index is 0.108. The monoisotopic (exact) mass is 244 g/mol. The fourth-order valence-corrected chi connectivity index (χ4v) is 2.87. The third-order valence-electron chi connectivity index (χ3n) is 3.96. The van der Waals surface area contributed by atoms with Gasteiger partial charge in [0.2, 0.25) is 0 Å². The zero-order valence-electron chi connectivity index (χ0n) is 10.7. The number of hydrogen-bond donors (Lipinski definition) is 2. The molecule has 2 N–H and O–H groups in total. The van der Waals surface area contributed by atoms with E-state index >= 15 is 0 Å². The van der Waals surface area contributed by atoms with E-state index in [1.165, 1.54) is 0 Å². The average molecular weight is 244 g/mol. The van der Waals surface area contributed by atoms with Crippen LogP contribution >= 0.6 is 0 Å². The maximum Gasteiger partial charge on any atom is 0.0855 e. The molecular weight excluding hydrogens is 224 g/mol. The molecular formula is C16H20O2. The second-order valence-corrected chi connectivity index (χ2v) is 5.33. The third kappa shape index (κ3) is 2.58. The summed E-state index contributed by atoms with van der Waals surface area (Å²) in [5.41, 5.74) is 1.48. The van der Waals surface area contributed by atoms with Gasteiger partial charge >= 0.3 is 0 Å². The summed E-state index contributed by atoms with van der Waals surface area (Å²) in [6, 6.07) is 7.42. The molecule has 0 amide bonds. The number of aliphatic hydroxyl groups is 2. The fourth-order valence-electron chi connectivity index (χ4n) is 2.87. The molecule has 1 saturated carbocycles. The van der Waals surface area contributed by atoms with Gasteiger partial charge < -0.3 is 10.2 Å². The van der Waals surface area contributed by atoms with Crippen molar-refractivity contribution < 1.29 is 10.2 Å². The Labute approximate surface area is 109 Å². The van der Waals surface area contributed by atoms with Gasteiger partial charge in [0.1, 0.15) is 0 Å². The van der Waals surface area contributed by atoms with Gasteiger partial charge in [-0.15, -0.1) is 6.42 Å². The summed E-state index contributed by atoms with van der Waals surface area (Å²) >= 11 is 0. The van der Waals surface area contributed by atoms with E-state index in [9.17, 15) is 10.2 Å². The van der Waals surface area contributed by atoms with Crippen molar-refractivity contribution in [1.82, 2.24) is 0 Å². The predicted octanol–water partition coefficient (Wildman–Crippen LogP) is 2.50. The van der Waals surface area contributed by atoms with Crippen LogP contribution in [0.1, 0.15) is 43.4 Å². The lowest BCUT2D eigenvalue weighted by Crippen LogP contribution is -2.33. The lowest BCUT2D eigenvalue weighted by atomic mass is 9.75. The van der Waals surface area contributed by atoms with E-state index in [0.29, 0.717) is 5.92 Å². The highest BCUT2D eigenvalue weighted by Crippen LogP contribution is 2.38. The second-order valence-electron chi connectivity index (χ2n) is 5.33. The first kappa shape index (κ1) is 13.1. The number of rotatable bonds is 2. The Balaban J connectivity index is 2.24. The molecule has 2 nitrogen and oxygen atoms in total. The van der Waals surface area contributed by atoms with Crippen molar-refractivity contribution in [2.75, 3.05) is 0 Å². The second kappa shape index (κ2) is 5.56. The van der Waals surface area contributed by atoms with Crippen LogP contribution in [0.5, 0.6) is 0 Å². The Morgan fingerprint density at radius 3 is 2.78 bits per heavy atom. The van der Waals surface area contributed by atoms with E-state index in [4.69, 9.17) is 6.42 Å². The van der Waals surface area contributed by atoms with Crippen LogP contribution in [-0.4, -0.2) is 16.3 Å². The molecule has 1 aromatic rings. The Morgan fingerprint density at radius 2 is 2.06 bits per heavy atom. The molecule has 0 unspecified atom stereocenters. The first-order chi connectivity index (χ1) is 8.63. The molecule has 0 radical (unpaired) electrons. The van der Waals surface area contributed by atoms with Gasteiger partial charge in [-0.05, 0) is 36.8 Å². The predicted molar refractivity (Wildman–Crippen MR) is 71.8 cm³/mol. The van der Waals surface area contributed by atoms with Crippen molar-refractivity contribution in [3.05, 3.63) is 35.4 Å². The van der Waals surface area contributed by atoms with E-state index in [2.05, 4.69) is 12.8 Å². The van der Waals surface area contributed by atoms with Crippen LogP contribution in [-0.2, 0) is 0 Å². The smallest absolute Gasteiger partial charge is 0.0855 e. The van der Waals surface area contributed by atoms with Gasteiger partial charge in [0, 0.05) is 11.5 Å². The summed E-state index contributed by atoms with van der Waals surface area (Å²) in [5, 5.41) is 20.6. The fraction of sp³-hybridized carbons (Fsp3) is 0.500. The molecule has 0 saturated heterocycles.